The van der Waals surface area contributed by atoms with Crippen LogP contribution in [0.2, 0.25) is 5.02 Å². The number of likely N-dealkylation sites (tertiary alicyclic amines) is 1. The number of nitrogens with zero attached hydrogens (tertiary/aromatic N) is 3. The Bertz CT molecular complexity index is 727. The van der Waals surface area contributed by atoms with Gasteiger partial charge < -0.3 is 4.90 Å². The summed E-state index contributed by atoms with van der Waals surface area (Å²) in [4.78, 5) is 14.1. The lowest BCUT2D eigenvalue weighted by Crippen LogP contribution is -2.29. The molecular weight excluding hydrogens is 324 g/mol. The van der Waals surface area contributed by atoms with E-state index in [4.69, 9.17) is 11.6 Å². The minimum Gasteiger partial charge on any atom is -0.337 e. The van der Waals surface area contributed by atoms with Crippen molar-refractivity contribution in [3.8, 4) is 0 Å². The molecule has 1 amide bonds. The summed E-state index contributed by atoms with van der Waals surface area (Å²) in [5.74, 6) is -1.19. The summed E-state index contributed by atoms with van der Waals surface area (Å²) < 4.78 is 28.0. The highest BCUT2D eigenvalue weighted by molar-refractivity contribution is 6.33. The average Bonchev–Trinajstić information content (AvgIpc) is 3.03. The van der Waals surface area contributed by atoms with E-state index in [1.807, 2.05) is 0 Å². The van der Waals surface area contributed by atoms with Crippen molar-refractivity contribution in [3.63, 3.8) is 0 Å². The number of halogens is 3. The first-order valence-corrected chi connectivity index (χ1v) is 7.73. The van der Waals surface area contributed by atoms with Crippen LogP contribution >= 0.6 is 11.6 Å². The van der Waals surface area contributed by atoms with Crippen LogP contribution in [0.15, 0.2) is 24.4 Å². The fourth-order valence-electron chi connectivity index (χ4n) is 3.00. The van der Waals surface area contributed by atoms with E-state index in [-0.39, 0.29) is 17.5 Å². The summed E-state index contributed by atoms with van der Waals surface area (Å²) >= 11 is 6.01. The van der Waals surface area contributed by atoms with Crippen LogP contribution in [0, 0.1) is 17.6 Å². The molecule has 2 aromatic rings. The molecule has 0 spiro atoms. The van der Waals surface area contributed by atoms with Gasteiger partial charge in [-0.2, -0.15) is 5.10 Å². The van der Waals surface area contributed by atoms with Crippen LogP contribution in [-0.4, -0.2) is 33.7 Å². The lowest BCUT2D eigenvalue weighted by Gasteiger charge is -2.15. The summed E-state index contributed by atoms with van der Waals surface area (Å²) in [6.45, 7) is 1.12. The molecule has 0 bridgehead atoms. The first-order chi connectivity index (χ1) is 10.9. The zero-order valence-corrected chi connectivity index (χ0v) is 13.4. The number of hydrogen-bond acceptors (Lipinski definition) is 2. The Kier molecular flexibility index (Phi) is 4.35. The van der Waals surface area contributed by atoms with E-state index in [1.165, 1.54) is 16.8 Å². The van der Waals surface area contributed by atoms with Gasteiger partial charge in [-0.1, -0.05) is 11.6 Å². The SMILES string of the molecule is Cn1cc(Cl)c(C(=O)N2CCC(Cc3cc(F)cc(F)c3)C2)n1. The molecule has 1 atom stereocenters. The number of aryl methyl sites for hydroxylation is 1. The molecule has 1 aliphatic heterocycles. The van der Waals surface area contributed by atoms with Gasteiger partial charge in [0.25, 0.3) is 5.91 Å². The fraction of sp³-hybridized carbons (Fsp3) is 0.375. The normalized spacial score (nSPS) is 17.7. The van der Waals surface area contributed by atoms with E-state index >= 15 is 0 Å². The van der Waals surface area contributed by atoms with Gasteiger partial charge in [-0.05, 0) is 36.5 Å². The summed E-state index contributed by atoms with van der Waals surface area (Å²) in [7, 11) is 1.70. The van der Waals surface area contributed by atoms with Gasteiger partial charge in [-0.15, -0.1) is 0 Å². The summed E-state index contributed by atoms with van der Waals surface area (Å²) in [6.07, 6.45) is 2.90. The fourth-order valence-corrected chi connectivity index (χ4v) is 3.26. The first kappa shape index (κ1) is 15.9. The summed E-state index contributed by atoms with van der Waals surface area (Å²) in [5, 5.41) is 4.41. The van der Waals surface area contributed by atoms with Gasteiger partial charge in [-0.3, -0.25) is 9.48 Å². The lowest BCUT2D eigenvalue weighted by atomic mass is 9.98. The molecule has 0 radical (unpaired) electrons. The smallest absolute Gasteiger partial charge is 0.275 e. The van der Waals surface area contributed by atoms with Gasteiger partial charge in [0, 0.05) is 32.4 Å². The average molecular weight is 340 g/mol. The molecule has 0 saturated carbocycles. The predicted octanol–water partition coefficient (Wildman–Crippen LogP) is 3.06. The third-order valence-corrected chi connectivity index (χ3v) is 4.28. The summed E-state index contributed by atoms with van der Waals surface area (Å²) in [5.41, 5.74) is 0.851. The number of carbonyl (C=O) groups is 1. The minimum absolute atomic E-state index is 0.169. The van der Waals surface area contributed by atoms with Crippen molar-refractivity contribution in [2.45, 2.75) is 12.8 Å². The van der Waals surface area contributed by atoms with E-state index in [1.54, 1.807) is 18.1 Å². The standard InChI is InChI=1S/C16H16ClF2N3O/c1-21-9-14(17)15(20-21)16(23)22-3-2-10(8-22)4-11-5-12(18)7-13(19)6-11/h5-7,9-10H,2-4,8H2,1H3. The highest BCUT2D eigenvalue weighted by atomic mass is 35.5. The van der Waals surface area contributed by atoms with E-state index in [0.29, 0.717) is 30.1 Å². The van der Waals surface area contributed by atoms with Crippen molar-refractivity contribution in [3.05, 3.63) is 52.3 Å². The number of amides is 1. The molecule has 7 heteroatoms. The second kappa shape index (κ2) is 6.28. The first-order valence-electron chi connectivity index (χ1n) is 7.36. The van der Waals surface area contributed by atoms with Gasteiger partial charge in [0.05, 0.1) is 5.02 Å². The number of carbonyl (C=O) groups excluding carboxylic acids is 1. The van der Waals surface area contributed by atoms with E-state index < -0.39 is 11.6 Å². The van der Waals surface area contributed by atoms with Gasteiger partial charge in [0.1, 0.15) is 11.6 Å². The molecule has 23 heavy (non-hydrogen) atoms. The Morgan fingerprint density at radius 1 is 1.35 bits per heavy atom. The van der Waals surface area contributed by atoms with Crippen molar-refractivity contribution in [1.29, 1.82) is 0 Å². The molecule has 1 aromatic heterocycles. The second-order valence-electron chi connectivity index (χ2n) is 5.89. The number of aromatic nitrogens is 2. The molecule has 122 valence electrons. The maximum atomic E-state index is 13.2. The third kappa shape index (κ3) is 3.52. The monoisotopic (exact) mass is 339 g/mol. The Hall–Kier alpha value is -1.95. The molecular formula is C16H16ClF2N3O. The quantitative estimate of drug-likeness (QED) is 0.862. The zero-order valence-electron chi connectivity index (χ0n) is 12.6. The van der Waals surface area contributed by atoms with Crippen molar-refractivity contribution < 1.29 is 13.6 Å². The predicted molar refractivity (Wildman–Crippen MR) is 82.3 cm³/mol. The highest BCUT2D eigenvalue weighted by Crippen LogP contribution is 2.24. The number of hydrogen-bond donors (Lipinski definition) is 0. The van der Waals surface area contributed by atoms with Crippen molar-refractivity contribution in [2.24, 2.45) is 13.0 Å². The van der Waals surface area contributed by atoms with Gasteiger partial charge in [-0.25, -0.2) is 8.78 Å². The molecule has 1 aromatic carbocycles. The van der Waals surface area contributed by atoms with E-state index in [0.717, 1.165) is 12.5 Å². The lowest BCUT2D eigenvalue weighted by molar-refractivity contribution is 0.0780. The van der Waals surface area contributed by atoms with Crippen LogP contribution in [0.4, 0.5) is 8.78 Å². The van der Waals surface area contributed by atoms with Crippen molar-refractivity contribution >= 4 is 17.5 Å². The molecule has 1 unspecified atom stereocenters. The van der Waals surface area contributed by atoms with E-state index in [2.05, 4.69) is 5.10 Å². The topological polar surface area (TPSA) is 38.1 Å². The summed E-state index contributed by atoms with van der Waals surface area (Å²) in [6, 6.07) is 3.53. The second-order valence-corrected chi connectivity index (χ2v) is 6.29. The van der Waals surface area contributed by atoms with Crippen LogP contribution in [-0.2, 0) is 13.5 Å². The zero-order chi connectivity index (χ0) is 16.6. The Balaban J connectivity index is 1.66. The van der Waals surface area contributed by atoms with Crippen LogP contribution in [0.1, 0.15) is 22.5 Å². The molecule has 1 saturated heterocycles. The van der Waals surface area contributed by atoms with Crippen LogP contribution < -0.4 is 0 Å². The molecule has 0 aliphatic carbocycles. The largest absolute Gasteiger partial charge is 0.337 e. The molecule has 0 N–H and O–H groups in total. The maximum absolute atomic E-state index is 13.2. The van der Waals surface area contributed by atoms with Gasteiger partial charge >= 0.3 is 0 Å². The van der Waals surface area contributed by atoms with Crippen molar-refractivity contribution in [2.75, 3.05) is 13.1 Å². The molecule has 4 nitrogen and oxygen atoms in total. The van der Waals surface area contributed by atoms with E-state index in [9.17, 15) is 13.6 Å². The minimum atomic E-state index is -0.578. The molecule has 3 rings (SSSR count). The van der Waals surface area contributed by atoms with Crippen LogP contribution in [0.3, 0.4) is 0 Å². The molecule has 1 aliphatic rings. The van der Waals surface area contributed by atoms with Crippen LogP contribution in [0.25, 0.3) is 0 Å². The molecule has 1 fully saturated rings. The third-order valence-electron chi connectivity index (χ3n) is 4.01. The van der Waals surface area contributed by atoms with Crippen LogP contribution in [0.5, 0.6) is 0 Å². The Labute approximate surface area is 137 Å². The Morgan fingerprint density at radius 2 is 2.04 bits per heavy atom. The maximum Gasteiger partial charge on any atom is 0.275 e. The Morgan fingerprint density at radius 3 is 2.65 bits per heavy atom. The highest BCUT2D eigenvalue weighted by Gasteiger charge is 2.29. The van der Waals surface area contributed by atoms with Gasteiger partial charge in [0.2, 0.25) is 0 Å². The molecule has 2 heterocycles. The van der Waals surface area contributed by atoms with Crippen molar-refractivity contribution in [1.82, 2.24) is 14.7 Å². The number of benzene rings is 1. The van der Waals surface area contributed by atoms with Gasteiger partial charge in [0.15, 0.2) is 5.69 Å². The number of rotatable bonds is 3.